The van der Waals surface area contributed by atoms with Crippen molar-refractivity contribution in [1.82, 2.24) is 14.9 Å². The quantitative estimate of drug-likeness (QED) is 0.891. The zero-order chi connectivity index (χ0) is 13.9. The molecule has 0 aliphatic carbocycles. The molecule has 0 saturated carbocycles. The maximum Gasteiger partial charge on any atom is 0.257 e. The molecule has 1 aliphatic heterocycles. The van der Waals surface area contributed by atoms with Crippen LogP contribution >= 0.6 is 0 Å². The Kier molecular flexibility index (Phi) is 3.43. The largest absolute Gasteiger partial charge is 0.337 e. The molecule has 1 atom stereocenters. The number of hydrogen-bond acceptors (Lipinski definition) is 4. The van der Waals surface area contributed by atoms with Crippen LogP contribution < -0.4 is 5.73 Å². The molecule has 5 nitrogen and oxygen atoms in total. The molecule has 1 aromatic carbocycles. The van der Waals surface area contributed by atoms with Crippen LogP contribution in [0.15, 0.2) is 42.7 Å². The summed E-state index contributed by atoms with van der Waals surface area (Å²) in [7, 11) is 0. The first-order valence-corrected chi connectivity index (χ1v) is 6.66. The third-order valence-corrected chi connectivity index (χ3v) is 3.44. The van der Waals surface area contributed by atoms with Gasteiger partial charge in [-0.15, -0.1) is 0 Å². The van der Waals surface area contributed by atoms with Crippen molar-refractivity contribution in [2.24, 2.45) is 5.73 Å². The number of likely N-dealkylation sites (tertiary alicyclic amines) is 1. The molecule has 1 fully saturated rings. The van der Waals surface area contributed by atoms with Gasteiger partial charge >= 0.3 is 0 Å². The van der Waals surface area contributed by atoms with Crippen molar-refractivity contribution in [3.05, 3.63) is 48.3 Å². The third kappa shape index (κ3) is 2.53. The van der Waals surface area contributed by atoms with Gasteiger partial charge in [0.2, 0.25) is 0 Å². The molecule has 2 aromatic rings. The van der Waals surface area contributed by atoms with Crippen LogP contribution in [-0.2, 0) is 0 Å². The Morgan fingerprint density at radius 1 is 1.20 bits per heavy atom. The first-order valence-electron chi connectivity index (χ1n) is 6.66. The second kappa shape index (κ2) is 5.38. The van der Waals surface area contributed by atoms with E-state index in [-0.39, 0.29) is 11.9 Å². The fraction of sp³-hybridized carbons (Fsp3) is 0.267. The van der Waals surface area contributed by atoms with Gasteiger partial charge in [-0.3, -0.25) is 4.79 Å². The molecule has 1 aromatic heterocycles. The number of aromatic nitrogens is 2. The average molecular weight is 268 g/mol. The number of nitrogens with two attached hydrogens (primary N) is 1. The molecule has 2 heterocycles. The molecule has 102 valence electrons. The van der Waals surface area contributed by atoms with E-state index in [1.165, 1.54) is 0 Å². The van der Waals surface area contributed by atoms with Gasteiger partial charge in [0.1, 0.15) is 0 Å². The Morgan fingerprint density at radius 3 is 2.50 bits per heavy atom. The summed E-state index contributed by atoms with van der Waals surface area (Å²) in [5, 5.41) is 0. The van der Waals surface area contributed by atoms with E-state index in [2.05, 4.69) is 9.97 Å². The van der Waals surface area contributed by atoms with E-state index in [1.807, 2.05) is 30.3 Å². The van der Waals surface area contributed by atoms with Gasteiger partial charge in [-0.2, -0.15) is 0 Å². The number of amides is 1. The SMILES string of the molecule is NC1CCN(C(=O)c2cnc(-c3ccccc3)nc2)C1. The zero-order valence-electron chi connectivity index (χ0n) is 11.1. The molecular formula is C15H16N4O. The lowest BCUT2D eigenvalue weighted by Crippen LogP contribution is -2.32. The lowest BCUT2D eigenvalue weighted by molar-refractivity contribution is 0.0790. The van der Waals surface area contributed by atoms with Gasteiger partial charge in [-0.05, 0) is 6.42 Å². The van der Waals surface area contributed by atoms with Crippen molar-refractivity contribution in [1.29, 1.82) is 0 Å². The van der Waals surface area contributed by atoms with E-state index in [1.54, 1.807) is 17.3 Å². The highest BCUT2D eigenvalue weighted by Crippen LogP contribution is 2.15. The third-order valence-electron chi connectivity index (χ3n) is 3.44. The van der Waals surface area contributed by atoms with Gasteiger partial charge in [0.05, 0.1) is 5.56 Å². The average Bonchev–Trinajstić information content (AvgIpc) is 2.94. The van der Waals surface area contributed by atoms with Crippen molar-refractivity contribution in [3.8, 4) is 11.4 Å². The Morgan fingerprint density at radius 2 is 1.90 bits per heavy atom. The standard InChI is InChI=1S/C15H16N4O/c16-13-6-7-19(10-13)15(20)12-8-17-14(18-9-12)11-4-2-1-3-5-11/h1-5,8-9,13H,6-7,10,16H2. The minimum absolute atomic E-state index is 0.0439. The maximum atomic E-state index is 12.2. The molecule has 1 aliphatic rings. The lowest BCUT2D eigenvalue weighted by Gasteiger charge is -2.15. The fourth-order valence-electron chi connectivity index (χ4n) is 2.33. The first kappa shape index (κ1) is 12.7. The van der Waals surface area contributed by atoms with Crippen molar-refractivity contribution >= 4 is 5.91 Å². The fourth-order valence-corrected chi connectivity index (χ4v) is 2.33. The van der Waals surface area contributed by atoms with E-state index in [4.69, 9.17) is 5.73 Å². The van der Waals surface area contributed by atoms with Crippen LogP contribution in [-0.4, -0.2) is 39.9 Å². The van der Waals surface area contributed by atoms with Crippen molar-refractivity contribution < 1.29 is 4.79 Å². The topological polar surface area (TPSA) is 72.1 Å². The van der Waals surface area contributed by atoms with Crippen LogP contribution in [0.5, 0.6) is 0 Å². The van der Waals surface area contributed by atoms with Crippen LogP contribution in [0.4, 0.5) is 0 Å². The summed E-state index contributed by atoms with van der Waals surface area (Å²) in [6, 6.07) is 9.78. The van der Waals surface area contributed by atoms with Crippen molar-refractivity contribution in [3.63, 3.8) is 0 Å². The molecule has 1 saturated heterocycles. The summed E-state index contributed by atoms with van der Waals surface area (Å²) in [6.45, 7) is 1.32. The molecule has 20 heavy (non-hydrogen) atoms. The van der Waals surface area contributed by atoms with Gasteiger partial charge in [-0.1, -0.05) is 30.3 Å². The van der Waals surface area contributed by atoms with E-state index in [0.29, 0.717) is 24.5 Å². The second-order valence-electron chi connectivity index (χ2n) is 4.96. The Labute approximate surface area is 117 Å². The first-order chi connectivity index (χ1) is 9.74. The maximum absolute atomic E-state index is 12.2. The van der Waals surface area contributed by atoms with Crippen molar-refractivity contribution in [2.75, 3.05) is 13.1 Å². The lowest BCUT2D eigenvalue weighted by atomic mass is 10.2. The Hall–Kier alpha value is -2.27. The molecule has 3 rings (SSSR count). The summed E-state index contributed by atoms with van der Waals surface area (Å²) in [5.41, 5.74) is 7.27. The molecule has 1 unspecified atom stereocenters. The molecule has 0 spiro atoms. The van der Waals surface area contributed by atoms with E-state index < -0.39 is 0 Å². The summed E-state index contributed by atoms with van der Waals surface area (Å²) in [5.74, 6) is 0.581. The van der Waals surface area contributed by atoms with Crippen LogP contribution in [0, 0.1) is 0 Å². The Bertz CT molecular complexity index is 597. The highest BCUT2D eigenvalue weighted by atomic mass is 16.2. The van der Waals surface area contributed by atoms with Gasteiger partial charge in [0, 0.05) is 37.1 Å². The molecule has 5 heteroatoms. The molecule has 2 N–H and O–H groups in total. The van der Waals surface area contributed by atoms with Crippen LogP contribution in [0.1, 0.15) is 16.8 Å². The minimum atomic E-state index is -0.0439. The van der Waals surface area contributed by atoms with Gasteiger partial charge < -0.3 is 10.6 Å². The minimum Gasteiger partial charge on any atom is -0.337 e. The number of rotatable bonds is 2. The van der Waals surface area contributed by atoms with Gasteiger partial charge in [0.15, 0.2) is 5.82 Å². The van der Waals surface area contributed by atoms with Crippen molar-refractivity contribution in [2.45, 2.75) is 12.5 Å². The molecule has 1 amide bonds. The highest BCUT2D eigenvalue weighted by molar-refractivity contribution is 5.94. The normalized spacial score (nSPS) is 18.2. The predicted molar refractivity (Wildman–Crippen MR) is 76.0 cm³/mol. The molecular weight excluding hydrogens is 252 g/mol. The summed E-state index contributed by atoms with van der Waals surface area (Å²) >= 11 is 0. The van der Waals surface area contributed by atoms with Crippen LogP contribution in [0.2, 0.25) is 0 Å². The number of carbonyl (C=O) groups excluding carboxylic acids is 1. The molecule has 0 radical (unpaired) electrons. The number of nitrogens with zero attached hydrogens (tertiary/aromatic N) is 3. The summed E-state index contributed by atoms with van der Waals surface area (Å²) in [4.78, 5) is 22.5. The summed E-state index contributed by atoms with van der Waals surface area (Å²) in [6.07, 6.45) is 4.03. The number of benzene rings is 1. The van der Waals surface area contributed by atoms with E-state index >= 15 is 0 Å². The van der Waals surface area contributed by atoms with Crippen LogP contribution in [0.3, 0.4) is 0 Å². The van der Waals surface area contributed by atoms with E-state index in [0.717, 1.165) is 12.0 Å². The molecule has 0 bridgehead atoms. The number of carbonyl (C=O) groups is 1. The van der Waals surface area contributed by atoms with Crippen LogP contribution in [0.25, 0.3) is 11.4 Å². The van der Waals surface area contributed by atoms with E-state index in [9.17, 15) is 4.79 Å². The second-order valence-corrected chi connectivity index (χ2v) is 4.96. The van der Waals surface area contributed by atoms with Gasteiger partial charge in [0.25, 0.3) is 5.91 Å². The Balaban J connectivity index is 1.78. The predicted octanol–water partition coefficient (Wildman–Crippen LogP) is 1.32. The van der Waals surface area contributed by atoms with Gasteiger partial charge in [-0.25, -0.2) is 9.97 Å². The summed E-state index contributed by atoms with van der Waals surface area (Å²) < 4.78 is 0. The highest BCUT2D eigenvalue weighted by Gasteiger charge is 2.24. The monoisotopic (exact) mass is 268 g/mol. The smallest absolute Gasteiger partial charge is 0.257 e. The number of hydrogen-bond donors (Lipinski definition) is 1. The zero-order valence-corrected chi connectivity index (χ0v) is 11.1.